The number of carbonyl (C=O) groups is 3. The van der Waals surface area contributed by atoms with E-state index in [4.69, 9.17) is 0 Å². The van der Waals surface area contributed by atoms with E-state index in [2.05, 4.69) is 16.0 Å². The van der Waals surface area contributed by atoms with Crippen molar-refractivity contribution >= 4 is 34.8 Å². The van der Waals surface area contributed by atoms with Gasteiger partial charge in [-0.1, -0.05) is 18.2 Å². The fourth-order valence-electron chi connectivity index (χ4n) is 3.05. The third-order valence-corrected chi connectivity index (χ3v) is 4.80. The van der Waals surface area contributed by atoms with E-state index in [1.165, 1.54) is 0 Å². The summed E-state index contributed by atoms with van der Waals surface area (Å²) in [6.45, 7) is 2.48. The number of benzene rings is 3. The molecule has 3 amide bonds. The molecule has 0 spiro atoms. The summed E-state index contributed by atoms with van der Waals surface area (Å²) in [5.41, 5.74) is 3.24. The molecule has 3 aromatic carbocycles. The van der Waals surface area contributed by atoms with Crippen molar-refractivity contribution in [2.45, 2.75) is 6.92 Å². The van der Waals surface area contributed by atoms with Gasteiger partial charge in [0.05, 0.1) is 6.54 Å². The van der Waals surface area contributed by atoms with Crippen LogP contribution in [0.3, 0.4) is 0 Å². The zero-order valence-corrected chi connectivity index (χ0v) is 18.1. The van der Waals surface area contributed by atoms with Gasteiger partial charge in [-0.15, -0.1) is 0 Å². The van der Waals surface area contributed by atoms with Crippen molar-refractivity contribution < 1.29 is 14.4 Å². The molecule has 0 aromatic heterocycles. The van der Waals surface area contributed by atoms with E-state index in [1.54, 1.807) is 60.5 Å². The predicted octanol–water partition coefficient (Wildman–Crippen LogP) is 3.76. The maximum atomic E-state index is 12.6. The summed E-state index contributed by atoms with van der Waals surface area (Å²) in [7, 11) is 1.73. The van der Waals surface area contributed by atoms with E-state index < -0.39 is 0 Å². The molecule has 3 N–H and O–H groups in total. The smallest absolute Gasteiger partial charge is 0.258 e. The summed E-state index contributed by atoms with van der Waals surface area (Å²) < 4.78 is 0. The molecule has 0 radical (unpaired) electrons. The molecule has 3 rings (SSSR count). The van der Waals surface area contributed by atoms with Crippen LogP contribution in [0.1, 0.15) is 27.6 Å². The van der Waals surface area contributed by atoms with Crippen LogP contribution in [0.2, 0.25) is 0 Å². The summed E-state index contributed by atoms with van der Waals surface area (Å²) in [6.07, 6.45) is 0. The van der Waals surface area contributed by atoms with Crippen molar-refractivity contribution in [3.05, 3.63) is 90.0 Å². The Bertz CT molecular complexity index is 1060. The van der Waals surface area contributed by atoms with Crippen molar-refractivity contribution in [1.82, 2.24) is 5.32 Å². The van der Waals surface area contributed by atoms with Crippen LogP contribution in [0, 0.1) is 0 Å². The highest BCUT2D eigenvalue weighted by Crippen LogP contribution is 2.17. The molecule has 0 aliphatic carbocycles. The Morgan fingerprint density at radius 1 is 0.781 bits per heavy atom. The summed E-state index contributed by atoms with van der Waals surface area (Å²) in [5, 5.41) is 8.54. The minimum Gasteiger partial charge on any atom is -0.376 e. The molecule has 32 heavy (non-hydrogen) atoms. The Labute approximate surface area is 187 Å². The standard InChI is InChI=1S/C25H26N4O3/c1-3-26-24(31)18-9-15-21(16-10-18)28-23(30)17-27-20-13-11-19(12-14-20)25(32)29(2)22-7-5-4-6-8-22/h4-16,27H,3,17H2,1-2H3,(H,26,31)(H,28,30). The summed E-state index contributed by atoms with van der Waals surface area (Å²) in [6, 6.07) is 23.1. The predicted molar refractivity (Wildman–Crippen MR) is 127 cm³/mol. The molecule has 3 aromatic rings. The van der Waals surface area contributed by atoms with Crippen LogP contribution in [0.5, 0.6) is 0 Å². The molecule has 0 saturated heterocycles. The maximum absolute atomic E-state index is 12.6. The van der Waals surface area contributed by atoms with Crippen molar-refractivity contribution in [1.29, 1.82) is 0 Å². The van der Waals surface area contributed by atoms with Gasteiger partial charge in [-0.05, 0) is 67.6 Å². The molecule has 0 heterocycles. The molecular formula is C25H26N4O3. The number of amides is 3. The number of rotatable bonds is 8. The number of anilines is 3. The molecule has 7 nitrogen and oxygen atoms in total. The molecule has 0 unspecified atom stereocenters. The zero-order valence-electron chi connectivity index (χ0n) is 18.1. The highest BCUT2D eigenvalue weighted by Gasteiger charge is 2.13. The lowest BCUT2D eigenvalue weighted by Gasteiger charge is -2.17. The second-order valence-electron chi connectivity index (χ2n) is 7.12. The van der Waals surface area contributed by atoms with Crippen LogP contribution in [0.15, 0.2) is 78.9 Å². The Hall–Kier alpha value is -4.13. The fourth-order valence-corrected chi connectivity index (χ4v) is 3.05. The van der Waals surface area contributed by atoms with Crippen LogP contribution in [0.4, 0.5) is 17.1 Å². The average Bonchev–Trinajstić information content (AvgIpc) is 2.83. The lowest BCUT2D eigenvalue weighted by Crippen LogP contribution is -2.26. The lowest BCUT2D eigenvalue weighted by molar-refractivity contribution is -0.114. The highest BCUT2D eigenvalue weighted by atomic mass is 16.2. The van der Waals surface area contributed by atoms with Gasteiger partial charge < -0.3 is 20.9 Å². The summed E-state index contributed by atoms with van der Waals surface area (Å²) >= 11 is 0. The molecule has 0 atom stereocenters. The van der Waals surface area contributed by atoms with Crippen LogP contribution in [0.25, 0.3) is 0 Å². The van der Waals surface area contributed by atoms with Gasteiger partial charge in [0.2, 0.25) is 5.91 Å². The number of carbonyl (C=O) groups excluding carboxylic acids is 3. The SMILES string of the molecule is CCNC(=O)c1ccc(NC(=O)CNc2ccc(C(=O)N(C)c3ccccc3)cc2)cc1. The van der Waals surface area contributed by atoms with Crippen LogP contribution in [-0.4, -0.2) is 37.9 Å². The quantitative estimate of drug-likeness (QED) is 0.508. The largest absolute Gasteiger partial charge is 0.376 e. The first-order valence-electron chi connectivity index (χ1n) is 10.3. The molecule has 164 valence electrons. The first-order valence-corrected chi connectivity index (χ1v) is 10.3. The normalized spacial score (nSPS) is 10.2. The zero-order chi connectivity index (χ0) is 22.9. The Morgan fingerprint density at radius 3 is 2.00 bits per heavy atom. The summed E-state index contributed by atoms with van der Waals surface area (Å²) in [4.78, 5) is 38.2. The average molecular weight is 431 g/mol. The number of hydrogen-bond acceptors (Lipinski definition) is 4. The Balaban J connectivity index is 1.51. The second-order valence-corrected chi connectivity index (χ2v) is 7.12. The summed E-state index contributed by atoms with van der Waals surface area (Å²) in [5.74, 6) is -0.486. The van der Waals surface area contributed by atoms with Crippen molar-refractivity contribution in [3.63, 3.8) is 0 Å². The van der Waals surface area contributed by atoms with Crippen LogP contribution >= 0.6 is 0 Å². The van der Waals surface area contributed by atoms with Crippen LogP contribution in [-0.2, 0) is 4.79 Å². The van der Waals surface area contributed by atoms with Gasteiger partial charge in [-0.3, -0.25) is 14.4 Å². The van der Waals surface area contributed by atoms with Gasteiger partial charge in [0, 0.05) is 41.8 Å². The van der Waals surface area contributed by atoms with Gasteiger partial charge in [0.1, 0.15) is 0 Å². The topological polar surface area (TPSA) is 90.5 Å². The number of nitrogens with one attached hydrogen (secondary N) is 3. The number of nitrogens with zero attached hydrogens (tertiary/aromatic N) is 1. The minimum absolute atomic E-state index is 0.0648. The lowest BCUT2D eigenvalue weighted by atomic mass is 10.1. The monoisotopic (exact) mass is 430 g/mol. The number of hydrogen-bond donors (Lipinski definition) is 3. The Morgan fingerprint density at radius 2 is 1.38 bits per heavy atom. The van der Waals surface area contributed by atoms with E-state index in [9.17, 15) is 14.4 Å². The van der Waals surface area contributed by atoms with Crippen molar-refractivity contribution in [2.75, 3.05) is 35.7 Å². The fraction of sp³-hybridized carbons (Fsp3) is 0.160. The first kappa shape index (κ1) is 22.6. The van der Waals surface area contributed by atoms with Gasteiger partial charge >= 0.3 is 0 Å². The van der Waals surface area contributed by atoms with E-state index in [0.717, 1.165) is 11.4 Å². The second kappa shape index (κ2) is 10.8. The van der Waals surface area contributed by atoms with Crippen LogP contribution < -0.4 is 20.9 Å². The van der Waals surface area contributed by atoms with Gasteiger partial charge in [-0.25, -0.2) is 0 Å². The molecule has 0 saturated carbocycles. The van der Waals surface area contributed by atoms with Gasteiger partial charge in [0.15, 0.2) is 0 Å². The third kappa shape index (κ3) is 5.95. The van der Waals surface area contributed by atoms with E-state index in [-0.39, 0.29) is 24.3 Å². The van der Waals surface area contributed by atoms with Gasteiger partial charge in [-0.2, -0.15) is 0 Å². The number of para-hydroxylation sites is 1. The molecular weight excluding hydrogens is 404 g/mol. The molecule has 7 heteroatoms. The minimum atomic E-state index is -0.222. The first-order chi connectivity index (χ1) is 15.5. The van der Waals surface area contributed by atoms with E-state index in [0.29, 0.717) is 23.4 Å². The highest BCUT2D eigenvalue weighted by molar-refractivity contribution is 6.06. The maximum Gasteiger partial charge on any atom is 0.258 e. The van der Waals surface area contributed by atoms with Gasteiger partial charge in [0.25, 0.3) is 11.8 Å². The van der Waals surface area contributed by atoms with Crippen molar-refractivity contribution in [2.24, 2.45) is 0 Å². The molecule has 0 aliphatic rings. The Kier molecular flexibility index (Phi) is 7.59. The molecule has 0 bridgehead atoms. The van der Waals surface area contributed by atoms with E-state index in [1.807, 2.05) is 37.3 Å². The molecule has 0 aliphatic heterocycles. The third-order valence-electron chi connectivity index (χ3n) is 4.80. The van der Waals surface area contributed by atoms with E-state index >= 15 is 0 Å². The van der Waals surface area contributed by atoms with Crippen molar-refractivity contribution in [3.8, 4) is 0 Å². The molecule has 0 fully saturated rings.